The van der Waals surface area contributed by atoms with E-state index in [9.17, 15) is 9.18 Å². The number of rotatable bonds is 5. The minimum absolute atomic E-state index is 0. The van der Waals surface area contributed by atoms with Crippen LogP contribution < -0.4 is 10.6 Å². The van der Waals surface area contributed by atoms with Gasteiger partial charge in [-0.2, -0.15) is 5.26 Å². The summed E-state index contributed by atoms with van der Waals surface area (Å²) in [6.07, 6.45) is 0. The fraction of sp³-hybridized carbons (Fsp3) is 0.250. The fourth-order valence-electron chi connectivity index (χ4n) is 2.39. The molecular weight excluding hydrogens is 472 g/mol. The van der Waals surface area contributed by atoms with Gasteiger partial charge in [-0.3, -0.25) is 9.79 Å². The SMILES string of the molecule is CN=C(NCc1ccc(C(=O)N(C)C)cc1)NCc1cc(C#N)ccc1F.I. The van der Waals surface area contributed by atoms with Crippen molar-refractivity contribution < 1.29 is 9.18 Å². The maximum absolute atomic E-state index is 13.8. The number of guanidine groups is 1. The number of nitrogens with zero attached hydrogens (tertiary/aromatic N) is 3. The topological polar surface area (TPSA) is 80.5 Å². The Labute approximate surface area is 181 Å². The lowest BCUT2D eigenvalue weighted by Gasteiger charge is -2.13. The zero-order chi connectivity index (χ0) is 19.8. The molecule has 0 radical (unpaired) electrons. The summed E-state index contributed by atoms with van der Waals surface area (Å²) < 4.78 is 13.8. The van der Waals surface area contributed by atoms with Crippen molar-refractivity contribution in [3.63, 3.8) is 0 Å². The predicted octanol–water partition coefficient (Wildman–Crippen LogP) is 2.88. The summed E-state index contributed by atoms with van der Waals surface area (Å²) in [5.74, 6) is 0.0805. The van der Waals surface area contributed by atoms with Gasteiger partial charge >= 0.3 is 0 Å². The first-order valence-corrected chi connectivity index (χ1v) is 8.38. The number of nitrogens with one attached hydrogen (secondary N) is 2. The lowest BCUT2D eigenvalue weighted by molar-refractivity contribution is 0.0827. The molecule has 0 saturated heterocycles. The Balaban J connectivity index is 0.00000392. The van der Waals surface area contributed by atoms with Crippen molar-refractivity contribution in [2.75, 3.05) is 21.1 Å². The average molecular weight is 495 g/mol. The Morgan fingerprint density at radius 3 is 2.36 bits per heavy atom. The molecule has 0 aliphatic rings. The molecule has 0 fully saturated rings. The highest BCUT2D eigenvalue weighted by molar-refractivity contribution is 14.0. The lowest BCUT2D eigenvalue weighted by Crippen LogP contribution is -2.36. The molecule has 0 aliphatic heterocycles. The molecule has 0 heterocycles. The van der Waals surface area contributed by atoms with Crippen molar-refractivity contribution in [1.82, 2.24) is 15.5 Å². The van der Waals surface area contributed by atoms with Crippen LogP contribution in [0, 0.1) is 17.1 Å². The molecule has 28 heavy (non-hydrogen) atoms. The predicted molar refractivity (Wildman–Crippen MR) is 118 cm³/mol. The molecule has 6 nitrogen and oxygen atoms in total. The Morgan fingerprint density at radius 1 is 1.14 bits per heavy atom. The van der Waals surface area contributed by atoms with E-state index in [1.807, 2.05) is 18.2 Å². The Kier molecular flexibility index (Phi) is 9.38. The molecule has 2 aromatic carbocycles. The largest absolute Gasteiger partial charge is 0.352 e. The van der Waals surface area contributed by atoms with Crippen LogP contribution in [0.25, 0.3) is 0 Å². The zero-order valence-electron chi connectivity index (χ0n) is 16.0. The van der Waals surface area contributed by atoms with E-state index in [4.69, 9.17) is 5.26 Å². The van der Waals surface area contributed by atoms with E-state index >= 15 is 0 Å². The van der Waals surface area contributed by atoms with Crippen LogP contribution in [0.2, 0.25) is 0 Å². The number of nitriles is 1. The number of halogens is 2. The van der Waals surface area contributed by atoms with Gasteiger partial charge in [0.05, 0.1) is 11.6 Å². The van der Waals surface area contributed by atoms with Crippen molar-refractivity contribution >= 4 is 35.8 Å². The zero-order valence-corrected chi connectivity index (χ0v) is 18.3. The number of carbonyl (C=O) groups excluding carboxylic acids is 1. The minimum atomic E-state index is -0.377. The van der Waals surface area contributed by atoms with E-state index in [2.05, 4.69) is 15.6 Å². The molecule has 1 amide bonds. The highest BCUT2D eigenvalue weighted by Crippen LogP contribution is 2.10. The second-order valence-electron chi connectivity index (χ2n) is 6.09. The molecule has 148 valence electrons. The van der Waals surface area contributed by atoms with Gasteiger partial charge in [-0.15, -0.1) is 24.0 Å². The van der Waals surface area contributed by atoms with E-state index in [-0.39, 0.29) is 42.2 Å². The first-order valence-electron chi connectivity index (χ1n) is 8.38. The van der Waals surface area contributed by atoms with Gasteiger partial charge in [-0.25, -0.2) is 4.39 Å². The second-order valence-corrected chi connectivity index (χ2v) is 6.09. The summed E-state index contributed by atoms with van der Waals surface area (Å²) in [4.78, 5) is 17.5. The third kappa shape index (κ3) is 6.49. The molecule has 0 unspecified atom stereocenters. The molecular formula is C20H23FIN5O. The Morgan fingerprint density at radius 2 is 1.79 bits per heavy atom. The first kappa shape index (κ1) is 23.4. The molecule has 0 saturated carbocycles. The van der Waals surface area contributed by atoms with Crippen molar-refractivity contribution in [2.24, 2.45) is 4.99 Å². The molecule has 2 aromatic rings. The van der Waals surface area contributed by atoms with Gasteiger partial charge < -0.3 is 15.5 Å². The van der Waals surface area contributed by atoms with Crippen LogP contribution >= 0.6 is 24.0 Å². The van der Waals surface area contributed by atoms with Crippen molar-refractivity contribution in [3.8, 4) is 6.07 Å². The van der Waals surface area contributed by atoms with E-state index in [0.717, 1.165) is 5.56 Å². The highest BCUT2D eigenvalue weighted by Gasteiger charge is 2.08. The maximum atomic E-state index is 13.8. The monoisotopic (exact) mass is 495 g/mol. The van der Waals surface area contributed by atoms with Gasteiger partial charge in [0, 0.05) is 45.4 Å². The third-order valence-electron chi connectivity index (χ3n) is 3.91. The Bertz CT molecular complexity index is 875. The molecule has 2 N–H and O–H groups in total. The summed E-state index contributed by atoms with van der Waals surface area (Å²) in [6, 6.07) is 13.5. The van der Waals surface area contributed by atoms with Gasteiger partial charge in [0.25, 0.3) is 5.91 Å². The molecule has 0 bridgehead atoms. The standard InChI is InChI=1S/C20H22FN5O.HI/c1-23-20(25-13-17-10-15(11-22)6-9-18(17)21)24-12-14-4-7-16(8-5-14)19(27)26(2)3;/h4-10H,12-13H2,1-3H3,(H2,23,24,25);1H. The van der Waals surface area contributed by atoms with Crippen LogP contribution in [0.5, 0.6) is 0 Å². The van der Waals surface area contributed by atoms with Crippen LogP contribution in [0.1, 0.15) is 27.0 Å². The van der Waals surface area contributed by atoms with Crippen molar-refractivity contribution in [3.05, 3.63) is 70.5 Å². The van der Waals surface area contributed by atoms with E-state index < -0.39 is 0 Å². The lowest BCUT2D eigenvalue weighted by atomic mass is 10.1. The van der Waals surface area contributed by atoms with Gasteiger partial charge in [0.1, 0.15) is 5.82 Å². The number of aliphatic imine (C=N–C) groups is 1. The fourth-order valence-corrected chi connectivity index (χ4v) is 2.39. The number of hydrogen-bond acceptors (Lipinski definition) is 3. The van der Waals surface area contributed by atoms with E-state index in [0.29, 0.717) is 29.2 Å². The number of benzene rings is 2. The normalized spacial score (nSPS) is 10.5. The Hall–Kier alpha value is -2.67. The van der Waals surface area contributed by atoms with Crippen LogP contribution in [0.15, 0.2) is 47.5 Å². The quantitative estimate of drug-likeness (QED) is 0.380. The first-order chi connectivity index (χ1) is 12.9. The number of carbonyl (C=O) groups is 1. The summed E-state index contributed by atoms with van der Waals surface area (Å²) in [7, 11) is 5.04. The molecule has 0 aromatic heterocycles. The summed E-state index contributed by atoms with van der Waals surface area (Å²) in [5.41, 5.74) is 2.40. The molecule has 8 heteroatoms. The van der Waals surface area contributed by atoms with Crippen LogP contribution in [0.4, 0.5) is 4.39 Å². The maximum Gasteiger partial charge on any atom is 0.253 e. The van der Waals surface area contributed by atoms with Gasteiger partial charge in [0.15, 0.2) is 5.96 Å². The van der Waals surface area contributed by atoms with E-state index in [1.165, 1.54) is 23.1 Å². The number of hydrogen-bond donors (Lipinski definition) is 2. The van der Waals surface area contributed by atoms with Crippen molar-refractivity contribution in [2.45, 2.75) is 13.1 Å². The van der Waals surface area contributed by atoms with E-state index in [1.54, 1.807) is 33.3 Å². The number of amides is 1. The van der Waals surface area contributed by atoms with Gasteiger partial charge in [0.2, 0.25) is 0 Å². The third-order valence-corrected chi connectivity index (χ3v) is 3.91. The second kappa shape index (κ2) is 11.2. The summed E-state index contributed by atoms with van der Waals surface area (Å²) in [6.45, 7) is 0.703. The highest BCUT2D eigenvalue weighted by atomic mass is 127. The van der Waals surface area contributed by atoms with Crippen LogP contribution in [0.3, 0.4) is 0 Å². The molecule has 2 rings (SSSR count). The van der Waals surface area contributed by atoms with Crippen LogP contribution in [-0.2, 0) is 13.1 Å². The van der Waals surface area contributed by atoms with Gasteiger partial charge in [-0.05, 0) is 35.9 Å². The smallest absolute Gasteiger partial charge is 0.253 e. The average Bonchev–Trinajstić information content (AvgIpc) is 2.69. The summed E-state index contributed by atoms with van der Waals surface area (Å²) >= 11 is 0. The van der Waals surface area contributed by atoms with Crippen LogP contribution in [-0.4, -0.2) is 37.9 Å². The molecule has 0 spiro atoms. The molecule has 0 aliphatic carbocycles. The van der Waals surface area contributed by atoms with Gasteiger partial charge in [-0.1, -0.05) is 12.1 Å². The minimum Gasteiger partial charge on any atom is -0.352 e. The van der Waals surface area contributed by atoms with Crippen molar-refractivity contribution in [1.29, 1.82) is 5.26 Å². The summed E-state index contributed by atoms with van der Waals surface area (Å²) in [5, 5.41) is 15.1. The molecule has 0 atom stereocenters.